The normalized spacial score (nSPS) is 13.4. The van der Waals surface area contributed by atoms with Gasteiger partial charge in [0.1, 0.15) is 12.4 Å². The number of hydrogen-bond acceptors (Lipinski definition) is 3. The van der Waals surface area contributed by atoms with E-state index in [2.05, 4.69) is 0 Å². The summed E-state index contributed by atoms with van der Waals surface area (Å²) in [5, 5.41) is 0. The Balaban J connectivity index is 2.96. The summed E-state index contributed by atoms with van der Waals surface area (Å²) >= 11 is 0. The molecule has 0 fully saturated rings. The predicted molar refractivity (Wildman–Crippen MR) is 66.2 cm³/mol. The van der Waals surface area contributed by atoms with Gasteiger partial charge in [-0.2, -0.15) is 13.2 Å². The van der Waals surface area contributed by atoms with Crippen LogP contribution in [0, 0.1) is 0 Å². The molecule has 1 rings (SSSR count). The number of benzene rings is 1. The number of alkyl halides is 3. The summed E-state index contributed by atoms with van der Waals surface area (Å²) < 4.78 is 48.9. The second-order valence-corrected chi connectivity index (χ2v) is 4.22. The molecular weight excluding hydrogens is 259 g/mol. The fraction of sp³-hybridized carbons (Fsp3) is 0.538. The molecule has 1 aromatic rings. The fourth-order valence-electron chi connectivity index (χ4n) is 1.52. The molecule has 3 nitrogen and oxygen atoms in total. The molecule has 0 heterocycles. The van der Waals surface area contributed by atoms with Gasteiger partial charge in [0.15, 0.2) is 0 Å². The van der Waals surface area contributed by atoms with Gasteiger partial charge in [0.05, 0.1) is 11.7 Å². The molecule has 0 spiro atoms. The van der Waals surface area contributed by atoms with E-state index in [1.54, 1.807) is 13.0 Å². The molecule has 0 saturated heterocycles. The quantitative estimate of drug-likeness (QED) is 0.869. The Morgan fingerprint density at radius 2 is 2.00 bits per heavy atom. The molecule has 6 heteroatoms. The molecule has 1 aromatic carbocycles. The minimum Gasteiger partial charge on any atom is -0.490 e. The average Bonchev–Trinajstić information content (AvgIpc) is 2.36. The largest absolute Gasteiger partial charge is 0.490 e. The third kappa shape index (κ3) is 4.72. The highest BCUT2D eigenvalue weighted by molar-refractivity contribution is 5.39. The molecule has 0 aliphatic carbocycles. The van der Waals surface area contributed by atoms with Crippen LogP contribution in [0.3, 0.4) is 0 Å². The lowest BCUT2D eigenvalue weighted by Crippen LogP contribution is -2.18. The lowest BCUT2D eigenvalue weighted by molar-refractivity contribution is -0.139. The molecule has 0 aliphatic heterocycles. The number of halogens is 3. The van der Waals surface area contributed by atoms with E-state index in [4.69, 9.17) is 15.2 Å². The van der Waals surface area contributed by atoms with Crippen LogP contribution in [0.4, 0.5) is 13.2 Å². The maximum Gasteiger partial charge on any atom is 0.419 e. The Labute approximate surface area is 110 Å². The van der Waals surface area contributed by atoms with Crippen LogP contribution in [-0.2, 0) is 17.3 Å². The Morgan fingerprint density at radius 3 is 2.53 bits per heavy atom. The zero-order valence-electron chi connectivity index (χ0n) is 11.0. The summed E-state index contributed by atoms with van der Waals surface area (Å²) in [6, 6.07) is 4.00. The van der Waals surface area contributed by atoms with Crippen molar-refractivity contribution in [2.75, 3.05) is 20.3 Å². The van der Waals surface area contributed by atoms with E-state index in [0.717, 1.165) is 6.07 Å². The smallest absolute Gasteiger partial charge is 0.419 e. The van der Waals surface area contributed by atoms with Crippen LogP contribution in [0.15, 0.2) is 18.2 Å². The van der Waals surface area contributed by atoms with Gasteiger partial charge in [-0.3, -0.25) is 0 Å². The molecule has 1 unspecified atom stereocenters. The molecule has 0 aliphatic rings. The van der Waals surface area contributed by atoms with Gasteiger partial charge in [-0.25, -0.2) is 0 Å². The summed E-state index contributed by atoms with van der Waals surface area (Å²) in [5.41, 5.74) is 5.11. The topological polar surface area (TPSA) is 44.5 Å². The van der Waals surface area contributed by atoms with Crippen molar-refractivity contribution in [3.63, 3.8) is 0 Å². The minimum absolute atomic E-state index is 0.0653. The predicted octanol–water partition coefficient (Wildman–Crippen LogP) is 2.62. The first-order chi connectivity index (χ1) is 8.88. The zero-order valence-corrected chi connectivity index (χ0v) is 11.0. The van der Waals surface area contributed by atoms with Crippen molar-refractivity contribution in [1.82, 2.24) is 0 Å². The van der Waals surface area contributed by atoms with Gasteiger partial charge in [0.25, 0.3) is 0 Å². The van der Waals surface area contributed by atoms with Crippen molar-refractivity contribution in [3.8, 4) is 5.75 Å². The summed E-state index contributed by atoms with van der Waals surface area (Å²) in [6.07, 6.45) is -4.32. The number of methoxy groups -OCH3 is 1. The van der Waals surface area contributed by atoms with Gasteiger partial charge in [-0.1, -0.05) is 6.07 Å². The van der Waals surface area contributed by atoms with Crippen LogP contribution in [0.1, 0.15) is 18.1 Å². The Hall–Kier alpha value is -1.27. The molecule has 0 aromatic heterocycles. The second-order valence-electron chi connectivity index (χ2n) is 4.22. The van der Waals surface area contributed by atoms with Gasteiger partial charge in [0.2, 0.25) is 0 Å². The van der Waals surface area contributed by atoms with E-state index in [1.165, 1.54) is 13.2 Å². The molecule has 0 saturated carbocycles. The maximum absolute atomic E-state index is 12.9. The van der Waals surface area contributed by atoms with Crippen molar-refractivity contribution < 1.29 is 22.6 Å². The van der Waals surface area contributed by atoms with Crippen LogP contribution >= 0.6 is 0 Å². The standard InChI is InChI=1S/C13H18F3NO2/c1-9(18-2)8-19-12-4-3-10(5-6-17)7-11(12)13(14,15)16/h3-4,7,9H,5-6,8,17H2,1-2H3. The molecule has 108 valence electrons. The van der Waals surface area contributed by atoms with Gasteiger partial charge >= 0.3 is 6.18 Å². The maximum atomic E-state index is 12.9. The first-order valence-electron chi connectivity index (χ1n) is 5.94. The van der Waals surface area contributed by atoms with Crippen LogP contribution in [-0.4, -0.2) is 26.4 Å². The van der Waals surface area contributed by atoms with Crippen molar-refractivity contribution in [1.29, 1.82) is 0 Å². The molecule has 1 atom stereocenters. The van der Waals surface area contributed by atoms with E-state index in [-0.39, 0.29) is 18.5 Å². The van der Waals surface area contributed by atoms with Gasteiger partial charge in [-0.15, -0.1) is 0 Å². The number of nitrogens with two attached hydrogens (primary N) is 1. The van der Waals surface area contributed by atoms with Crippen molar-refractivity contribution >= 4 is 0 Å². The Kier molecular flexibility index (Phi) is 5.62. The summed E-state index contributed by atoms with van der Waals surface area (Å²) in [6.45, 7) is 2.09. The third-order valence-corrected chi connectivity index (χ3v) is 2.66. The van der Waals surface area contributed by atoms with Crippen LogP contribution in [0.5, 0.6) is 5.75 Å². The van der Waals surface area contributed by atoms with Gasteiger partial charge in [-0.05, 0) is 37.6 Å². The molecule has 2 N–H and O–H groups in total. The van der Waals surface area contributed by atoms with Crippen LogP contribution in [0.2, 0.25) is 0 Å². The van der Waals surface area contributed by atoms with Gasteiger partial charge in [0, 0.05) is 7.11 Å². The lowest BCUT2D eigenvalue weighted by atomic mass is 10.1. The highest BCUT2D eigenvalue weighted by Gasteiger charge is 2.34. The average molecular weight is 277 g/mol. The Morgan fingerprint density at radius 1 is 1.32 bits per heavy atom. The minimum atomic E-state index is -4.45. The number of hydrogen-bond donors (Lipinski definition) is 1. The highest BCUT2D eigenvalue weighted by Crippen LogP contribution is 2.37. The molecule has 19 heavy (non-hydrogen) atoms. The highest BCUT2D eigenvalue weighted by atomic mass is 19.4. The molecule has 0 amide bonds. The first-order valence-corrected chi connectivity index (χ1v) is 5.94. The number of rotatable bonds is 6. The van der Waals surface area contributed by atoms with E-state index >= 15 is 0 Å². The molecular formula is C13H18F3NO2. The summed E-state index contributed by atoms with van der Waals surface area (Å²) in [7, 11) is 1.48. The SMILES string of the molecule is COC(C)COc1ccc(CCN)cc1C(F)(F)F. The zero-order chi connectivity index (χ0) is 14.5. The van der Waals surface area contributed by atoms with E-state index in [0.29, 0.717) is 18.5 Å². The summed E-state index contributed by atoms with van der Waals surface area (Å²) in [4.78, 5) is 0. The van der Waals surface area contributed by atoms with Crippen LogP contribution in [0.25, 0.3) is 0 Å². The van der Waals surface area contributed by atoms with Crippen molar-refractivity contribution in [2.24, 2.45) is 5.73 Å². The number of ether oxygens (including phenoxy) is 2. The Bertz CT molecular complexity index is 407. The third-order valence-electron chi connectivity index (χ3n) is 2.66. The monoisotopic (exact) mass is 277 g/mol. The van der Waals surface area contributed by atoms with E-state index in [1.807, 2.05) is 0 Å². The van der Waals surface area contributed by atoms with E-state index in [9.17, 15) is 13.2 Å². The fourth-order valence-corrected chi connectivity index (χ4v) is 1.52. The van der Waals surface area contributed by atoms with Crippen LogP contribution < -0.4 is 10.5 Å². The second kappa shape index (κ2) is 6.77. The molecule has 0 bridgehead atoms. The van der Waals surface area contributed by atoms with Gasteiger partial charge < -0.3 is 15.2 Å². The first kappa shape index (κ1) is 15.8. The lowest BCUT2D eigenvalue weighted by Gasteiger charge is -2.17. The van der Waals surface area contributed by atoms with E-state index < -0.39 is 11.7 Å². The molecule has 0 radical (unpaired) electrons. The summed E-state index contributed by atoms with van der Waals surface area (Å²) in [5.74, 6) is -0.183. The van der Waals surface area contributed by atoms with Crippen molar-refractivity contribution in [3.05, 3.63) is 29.3 Å². The van der Waals surface area contributed by atoms with Crippen molar-refractivity contribution in [2.45, 2.75) is 25.6 Å².